The van der Waals surface area contributed by atoms with Crippen molar-refractivity contribution < 1.29 is 9.53 Å². The molecule has 4 rings (SSSR count). The Morgan fingerprint density at radius 1 is 1.43 bits per heavy atom. The van der Waals surface area contributed by atoms with Gasteiger partial charge in [0, 0.05) is 24.5 Å². The number of nitrogens with two attached hydrogens (primary N) is 1. The minimum absolute atomic E-state index is 0.0498. The predicted molar refractivity (Wildman–Crippen MR) is 90.0 cm³/mol. The summed E-state index contributed by atoms with van der Waals surface area (Å²) in [5, 5.41) is 2.06. The lowest BCUT2D eigenvalue weighted by Crippen LogP contribution is -2.35. The third-order valence-corrected chi connectivity index (χ3v) is 5.02. The lowest BCUT2D eigenvalue weighted by atomic mass is 10.1. The molecule has 7 heteroatoms. The fourth-order valence-corrected chi connectivity index (χ4v) is 3.85. The molecule has 2 aromatic heterocycles. The van der Waals surface area contributed by atoms with Gasteiger partial charge in [0.25, 0.3) is 5.91 Å². The number of carbonyl (C=O) groups is 1. The molecule has 0 saturated carbocycles. The second kappa shape index (κ2) is 5.07. The van der Waals surface area contributed by atoms with Crippen molar-refractivity contribution in [1.29, 1.82) is 0 Å². The molecule has 3 aromatic rings. The zero-order chi connectivity index (χ0) is 16.1. The summed E-state index contributed by atoms with van der Waals surface area (Å²) in [5.41, 5.74) is 10.7. The molecule has 1 aromatic carbocycles. The number of aryl methyl sites for hydroxylation is 1. The van der Waals surface area contributed by atoms with Crippen molar-refractivity contribution in [2.75, 3.05) is 18.6 Å². The van der Waals surface area contributed by atoms with Gasteiger partial charge in [-0.3, -0.25) is 9.20 Å². The molecule has 6 nitrogen and oxygen atoms in total. The van der Waals surface area contributed by atoms with Gasteiger partial charge in [-0.1, -0.05) is 0 Å². The third-order valence-electron chi connectivity index (χ3n) is 4.19. The number of rotatable bonds is 2. The Bertz CT molecular complexity index is 928. The molecule has 1 aliphatic heterocycles. The molecule has 0 saturated heterocycles. The number of fused-ring (bicyclic) bond motifs is 2. The summed E-state index contributed by atoms with van der Waals surface area (Å²) < 4.78 is 7.58. The zero-order valence-corrected chi connectivity index (χ0v) is 13.7. The summed E-state index contributed by atoms with van der Waals surface area (Å²) in [7, 11) is 1.77. The number of hydrogen-bond acceptors (Lipinski definition) is 5. The van der Waals surface area contributed by atoms with E-state index in [0.29, 0.717) is 6.54 Å². The van der Waals surface area contributed by atoms with Gasteiger partial charge in [0.1, 0.15) is 5.75 Å². The van der Waals surface area contributed by atoms with E-state index < -0.39 is 0 Å². The molecule has 0 spiro atoms. The largest absolute Gasteiger partial charge is 0.482 e. The second-order valence-electron chi connectivity index (χ2n) is 5.51. The van der Waals surface area contributed by atoms with E-state index in [1.165, 1.54) is 0 Å². The Morgan fingerprint density at radius 3 is 3.04 bits per heavy atom. The topological polar surface area (TPSA) is 72.9 Å². The summed E-state index contributed by atoms with van der Waals surface area (Å²) >= 11 is 1.58. The molecule has 0 bridgehead atoms. The molecule has 3 heterocycles. The number of aromatic nitrogens is 2. The number of amides is 1. The van der Waals surface area contributed by atoms with Gasteiger partial charge in [0.05, 0.1) is 22.8 Å². The van der Waals surface area contributed by atoms with Crippen LogP contribution in [0.5, 0.6) is 5.75 Å². The van der Waals surface area contributed by atoms with Crippen LogP contribution in [0.3, 0.4) is 0 Å². The van der Waals surface area contributed by atoms with Crippen molar-refractivity contribution in [1.82, 2.24) is 9.38 Å². The molecule has 23 heavy (non-hydrogen) atoms. The molecule has 2 N–H and O–H groups in total. The summed E-state index contributed by atoms with van der Waals surface area (Å²) in [6.07, 6.45) is 0. The van der Waals surface area contributed by atoms with Crippen molar-refractivity contribution in [3.05, 3.63) is 35.0 Å². The first-order chi connectivity index (χ1) is 11.1. The number of nitrogens with zero attached hydrogens (tertiary/aromatic N) is 3. The van der Waals surface area contributed by atoms with Gasteiger partial charge >= 0.3 is 0 Å². The number of likely N-dealkylation sites (N-methyl/N-ethyl adjacent to an activating group) is 1. The summed E-state index contributed by atoms with van der Waals surface area (Å²) in [6.45, 7) is 2.49. The van der Waals surface area contributed by atoms with Crippen LogP contribution >= 0.6 is 11.3 Å². The highest BCUT2D eigenvalue weighted by Crippen LogP contribution is 2.37. The molecule has 0 radical (unpaired) electrons. The van der Waals surface area contributed by atoms with Crippen molar-refractivity contribution in [3.8, 4) is 17.0 Å². The van der Waals surface area contributed by atoms with Gasteiger partial charge in [-0.2, -0.15) is 0 Å². The van der Waals surface area contributed by atoms with E-state index in [-0.39, 0.29) is 12.5 Å². The molecule has 1 aliphatic rings. The van der Waals surface area contributed by atoms with Crippen molar-refractivity contribution in [2.24, 2.45) is 5.73 Å². The lowest BCUT2D eigenvalue weighted by molar-refractivity contribution is -0.120. The van der Waals surface area contributed by atoms with Crippen LogP contribution in [0.15, 0.2) is 23.6 Å². The van der Waals surface area contributed by atoms with Crippen molar-refractivity contribution >= 4 is 27.9 Å². The number of carbonyl (C=O) groups excluding carboxylic acids is 1. The summed E-state index contributed by atoms with van der Waals surface area (Å²) in [4.78, 5) is 19.0. The smallest absolute Gasteiger partial charge is 0.264 e. The number of benzene rings is 1. The minimum atomic E-state index is -0.0498. The van der Waals surface area contributed by atoms with Crippen LogP contribution < -0.4 is 15.4 Å². The quantitative estimate of drug-likeness (QED) is 0.782. The van der Waals surface area contributed by atoms with Crippen LogP contribution in [0.1, 0.15) is 11.4 Å². The lowest BCUT2D eigenvalue weighted by Gasteiger charge is -2.26. The SMILES string of the molecule is Cc1nc2scc(-c3ccc4c(c3)N(C)C(=O)CO4)n2c1CN. The molecular formula is C16H16N4O2S. The molecule has 118 valence electrons. The second-order valence-corrected chi connectivity index (χ2v) is 6.35. The highest BCUT2D eigenvalue weighted by Gasteiger charge is 2.23. The number of hydrogen-bond donors (Lipinski definition) is 1. The van der Waals surface area contributed by atoms with Gasteiger partial charge < -0.3 is 15.4 Å². The van der Waals surface area contributed by atoms with Crippen LogP contribution in [0, 0.1) is 6.92 Å². The number of imidazole rings is 1. The molecule has 1 amide bonds. The van der Waals surface area contributed by atoms with Crippen LogP contribution in [0.4, 0.5) is 5.69 Å². The molecule has 0 unspecified atom stereocenters. The zero-order valence-electron chi connectivity index (χ0n) is 12.9. The molecular weight excluding hydrogens is 312 g/mol. The fraction of sp³-hybridized carbons (Fsp3) is 0.250. The monoisotopic (exact) mass is 328 g/mol. The Balaban J connectivity index is 1.90. The van der Waals surface area contributed by atoms with Gasteiger partial charge in [-0.25, -0.2) is 4.98 Å². The van der Waals surface area contributed by atoms with E-state index in [1.807, 2.05) is 25.1 Å². The first-order valence-corrected chi connectivity index (χ1v) is 8.17. The first-order valence-electron chi connectivity index (χ1n) is 7.29. The van der Waals surface area contributed by atoms with E-state index in [0.717, 1.165) is 39.0 Å². The molecule has 0 fully saturated rings. The van der Waals surface area contributed by atoms with E-state index in [4.69, 9.17) is 10.5 Å². The molecule has 0 aliphatic carbocycles. The number of ether oxygens (including phenoxy) is 1. The standard InChI is InChI=1S/C16H16N4O2S/c1-9-12(6-17)20-13(8-23-16(20)18-9)10-3-4-14-11(5-10)19(2)15(21)7-22-14/h3-5,8H,6-7,17H2,1-2H3. The average molecular weight is 328 g/mol. The average Bonchev–Trinajstić information content (AvgIpc) is 3.08. The van der Waals surface area contributed by atoms with Gasteiger partial charge in [-0.05, 0) is 25.1 Å². The normalized spacial score (nSPS) is 14.2. The maximum absolute atomic E-state index is 11.8. The van der Waals surface area contributed by atoms with Crippen LogP contribution in [-0.2, 0) is 11.3 Å². The summed E-state index contributed by atoms with van der Waals surface area (Å²) in [5.74, 6) is 0.675. The van der Waals surface area contributed by atoms with Crippen molar-refractivity contribution in [3.63, 3.8) is 0 Å². The van der Waals surface area contributed by atoms with E-state index in [1.54, 1.807) is 23.3 Å². The van der Waals surface area contributed by atoms with Gasteiger partial charge in [0.2, 0.25) is 0 Å². The first kappa shape index (κ1) is 14.2. The maximum atomic E-state index is 11.8. The van der Waals surface area contributed by atoms with Crippen molar-refractivity contribution in [2.45, 2.75) is 13.5 Å². The minimum Gasteiger partial charge on any atom is -0.482 e. The van der Waals surface area contributed by atoms with Gasteiger partial charge in [-0.15, -0.1) is 11.3 Å². The highest BCUT2D eigenvalue weighted by molar-refractivity contribution is 7.15. The van der Waals surface area contributed by atoms with Gasteiger partial charge in [0.15, 0.2) is 11.6 Å². The Morgan fingerprint density at radius 2 is 2.26 bits per heavy atom. The van der Waals surface area contributed by atoms with E-state index in [9.17, 15) is 4.79 Å². The fourth-order valence-electron chi connectivity index (χ4n) is 2.89. The Hall–Kier alpha value is -2.38. The molecule has 0 atom stereocenters. The number of thiazole rings is 1. The van der Waals surface area contributed by atoms with Crippen LogP contribution in [-0.4, -0.2) is 28.9 Å². The van der Waals surface area contributed by atoms with Crippen LogP contribution in [0.25, 0.3) is 16.2 Å². The highest BCUT2D eigenvalue weighted by atomic mass is 32.1. The maximum Gasteiger partial charge on any atom is 0.264 e. The predicted octanol–water partition coefficient (Wildman–Crippen LogP) is 2.19. The van der Waals surface area contributed by atoms with E-state index >= 15 is 0 Å². The summed E-state index contributed by atoms with van der Waals surface area (Å²) in [6, 6.07) is 5.88. The Kier molecular flexibility index (Phi) is 3.14. The number of anilines is 1. The van der Waals surface area contributed by atoms with Crippen LogP contribution in [0.2, 0.25) is 0 Å². The van der Waals surface area contributed by atoms with E-state index in [2.05, 4.69) is 14.8 Å². The Labute approximate surface area is 137 Å². The third kappa shape index (κ3) is 2.04.